The van der Waals surface area contributed by atoms with Gasteiger partial charge in [-0.3, -0.25) is 4.90 Å². The molecule has 1 aliphatic rings. The van der Waals surface area contributed by atoms with Crippen molar-refractivity contribution in [2.75, 3.05) is 19.6 Å². The molecule has 3 heteroatoms. The smallest absolute Gasteiger partial charge is 0.0219 e. The summed E-state index contributed by atoms with van der Waals surface area (Å²) in [5.74, 6) is 0. The Labute approximate surface area is 105 Å². The fourth-order valence-corrected chi connectivity index (χ4v) is 3.94. The molecule has 16 heavy (non-hydrogen) atoms. The van der Waals surface area contributed by atoms with Gasteiger partial charge < -0.3 is 5.73 Å². The highest BCUT2D eigenvalue weighted by molar-refractivity contribution is 8.00. The largest absolute Gasteiger partial charge is 0.329 e. The van der Waals surface area contributed by atoms with Crippen molar-refractivity contribution in [2.45, 2.75) is 63.0 Å². The van der Waals surface area contributed by atoms with Gasteiger partial charge in [-0.2, -0.15) is 11.8 Å². The normalized spacial score (nSPS) is 29.2. The summed E-state index contributed by atoms with van der Waals surface area (Å²) in [6.07, 6.45) is 5.28. The van der Waals surface area contributed by atoms with Gasteiger partial charge in [0.15, 0.2) is 0 Å². The van der Waals surface area contributed by atoms with Gasteiger partial charge >= 0.3 is 0 Å². The maximum atomic E-state index is 5.93. The molecule has 1 saturated heterocycles. The van der Waals surface area contributed by atoms with E-state index in [0.717, 1.165) is 17.0 Å². The van der Waals surface area contributed by atoms with E-state index < -0.39 is 0 Å². The van der Waals surface area contributed by atoms with Gasteiger partial charge in [-0.15, -0.1) is 0 Å². The molecule has 0 bridgehead atoms. The minimum absolute atomic E-state index is 0.623. The number of nitrogens with two attached hydrogens (primary N) is 1. The zero-order valence-electron chi connectivity index (χ0n) is 11.1. The molecule has 2 N–H and O–H groups in total. The Bertz CT molecular complexity index is 177. The van der Waals surface area contributed by atoms with Gasteiger partial charge in [-0.25, -0.2) is 0 Å². The van der Waals surface area contributed by atoms with Crippen LogP contribution in [-0.4, -0.2) is 41.1 Å². The number of unbranched alkanes of at least 4 members (excludes halogenated alkanes) is 2. The van der Waals surface area contributed by atoms with Gasteiger partial charge in [-0.1, -0.05) is 40.0 Å². The van der Waals surface area contributed by atoms with E-state index in [1.807, 2.05) is 0 Å². The lowest BCUT2D eigenvalue weighted by atomic mass is 10.1. The molecular formula is C13H28N2S. The van der Waals surface area contributed by atoms with Gasteiger partial charge in [0.05, 0.1) is 0 Å². The molecule has 0 aliphatic carbocycles. The zero-order chi connectivity index (χ0) is 12.0. The van der Waals surface area contributed by atoms with E-state index in [9.17, 15) is 0 Å². The Morgan fingerprint density at radius 3 is 2.38 bits per heavy atom. The Balaban J connectivity index is 2.38. The second-order valence-electron chi connectivity index (χ2n) is 5.10. The van der Waals surface area contributed by atoms with Gasteiger partial charge in [-0.05, 0) is 6.42 Å². The fourth-order valence-electron chi connectivity index (χ4n) is 2.60. The van der Waals surface area contributed by atoms with Crippen LogP contribution in [0.3, 0.4) is 0 Å². The molecule has 3 unspecified atom stereocenters. The maximum absolute atomic E-state index is 5.93. The van der Waals surface area contributed by atoms with Crippen LogP contribution >= 0.6 is 11.8 Å². The van der Waals surface area contributed by atoms with Crippen LogP contribution in [0, 0.1) is 0 Å². The lowest BCUT2D eigenvalue weighted by Gasteiger charge is -2.39. The van der Waals surface area contributed by atoms with Crippen LogP contribution in [-0.2, 0) is 0 Å². The summed E-state index contributed by atoms with van der Waals surface area (Å²) in [6.45, 7) is 10.2. The van der Waals surface area contributed by atoms with Crippen LogP contribution in [0.1, 0.15) is 46.5 Å². The first-order chi connectivity index (χ1) is 7.67. The molecule has 1 fully saturated rings. The first kappa shape index (κ1) is 14.3. The lowest BCUT2D eigenvalue weighted by molar-refractivity contribution is 0.185. The summed E-state index contributed by atoms with van der Waals surface area (Å²) >= 11 is 2.12. The predicted octanol–water partition coefficient (Wildman–Crippen LogP) is 2.72. The van der Waals surface area contributed by atoms with Crippen molar-refractivity contribution in [1.82, 2.24) is 4.90 Å². The zero-order valence-corrected chi connectivity index (χ0v) is 11.9. The summed E-state index contributed by atoms with van der Waals surface area (Å²) < 4.78 is 0. The molecule has 1 rings (SSSR count). The number of hydrogen-bond acceptors (Lipinski definition) is 3. The van der Waals surface area contributed by atoms with Crippen LogP contribution in [0.2, 0.25) is 0 Å². The molecule has 2 nitrogen and oxygen atoms in total. The molecule has 0 aromatic carbocycles. The number of thioether (sulfide) groups is 1. The molecular weight excluding hydrogens is 216 g/mol. The van der Waals surface area contributed by atoms with E-state index in [2.05, 4.69) is 37.4 Å². The molecule has 3 atom stereocenters. The second-order valence-corrected chi connectivity index (χ2v) is 6.98. The van der Waals surface area contributed by atoms with E-state index in [4.69, 9.17) is 5.73 Å². The van der Waals surface area contributed by atoms with Gasteiger partial charge in [0, 0.05) is 36.2 Å². The highest BCUT2D eigenvalue weighted by Gasteiger charge is 2.26. The molecule has 1 aliphatic heterocycles. The van der Waals surface area contributed by atoms with Crippen molar-refractivity contribution in [3.8, 4) is 0 Å². The second kappa shape index (κ2) is 7.57. The van der Waals surface area contributed by atoms with Crippen LogP contribution in [0.25, 0.3) is 0 Å². The Morgan fingerprint density at radius 2 is 1.88 bits per heavy atom. The van der Waals surface area contributed by atoms with Gasteiger partial charge in [0.25, 0.3) is 0 Å². The Morgan fingerprint density at radius 1 is 1.25 bits per heavy atom. The number of rotatable bonds is 6. The summed E-state index contributed by atoms with van der Waals surface area (Å²) in [4.78, 5) is 2.63. The van der Waals surface area contributed by atoms with Crippen molar-refractivity contribution in [3.05, 3.63) is 0 Å². The maximum Gasteiger partial charge on any atom is 0.0219 e. The minimum atomic E-state index is 0.623. The lowest BCUT2D eigenvalue weighted by Crippen LogP contribution is -2.49. The van der Waals surface area contributed by atoms with E-state index >= 15 is 0 Å². The van der Waals surface area contributed by atoms with Gasteiger partial charge in [0.2, 0.25) is 0 Å². The Hall–Kier alpha value is 0.270. The standard InChI is InChI=1S/C13H28N2S/c1-4-5-6-7-13(8-14)15-9-11(2)16-12(3)10-15/h11-13H,4-10,14H2,1-3H3. The van der Waals surface area contributed by atoms with Crippen LogP contribution in [0.15, 0.2) is 0 Å². The summed E-state index contributed by atoms with van der Waals surface area (Å²) in [5, 5.41) is 1.54. The van der Waals surface area contributed by atoms with Crippen molar-refractivity contribution in [2.24, 2.45) is 5.73 Å². The molecule has 1 heterocycles. The summed E-state index contributed by atoms with van der Waals surface area (Å²) in [6, 6.07) is 0.623. The van der Waals surface area contributed by atoms with Crippen molar-refractivity contribution >= 4 is 11.8 Å². The number of hydrogen-bond donors (Lipinski definition) is 1. The Kier molecular flexibility index (Phi) is 6.78. The molecule has 96 valence electrons. The SMILES string of the molecule is CCCCCC(CN)N1CC(C)SC(C)C1. The van der Waals surface area contributed by atoms with E-state index in [1.54, 1.807) is 0 Å². The van der Waals surface area contributed by atoms with Crippen molar-refractivity contribution in [1.29, 1.82) is 0 Å². The van der Waals surface area contributed by atoms with E-state index in [-0.39, 0.29) is 0 Å². The fraction of sp³-hybridized carbons (Fsp3) is 1.00. The molecule has 0 amide bonds. The third-order valence-corrected chi connectivity index (χ3v) is 4.60. The van der Waals surface area contributed by atoms with E-state index in [0.29, 0.717) is 6.04 Å². The third-order valence-electron chi connectivity index (χ3n) is 3.38. The first-order valence-corrected chi connectivity index (χ1v) is 7.71. The van der Waals surface area contributed by atoms with Crippen LogP contribution in [0.5, 0.6) is 0 Å². The van der Waals surface area contributed by atoms with Crippen LogP contribution < -0.4 is 5.73 Å². The average Bonchev–Trinajstić information content (AvgIpc) is 2.23. The van der Waals surface area contributed by atoms with Gasteiger partial charge in [0.1, 0.15) is 0 Å². The monoisotopic (exact) mass is 244 g/mol. The minimum Gasteiger partial charge on any atom is -0.329 e. The topological polar surface area (TPSA) is 29.3 Å². The predicted molar refractivity (Wildman–Crippen MR) is 75.1 cm³/mol. The van der Waals surface area contributed by atoms with Crippen molar-refractivity contribution < 1.29 is 0 Å². The molecule has 0 aromatic rings. The molecule has 0 spiro atoms. The van der Waals surface area contributed by atoms with Crippen molar-refractivity contribution in [3.63, 3.8) is 0 Å². The summed E-state index contributed by atoms with van der Waals surface area (Å²) in [5.41, 5.74) is 5.93. The molecule has 0 aromatic heterocycles. The highest BCUT2D eigenvalue weighted by atomic mass is 32.2. The average molecular weight is 244 g/mol. The first-order valence-electron chi connectivity index (χ1n) is 6.77. The quantitative estimate of drug-likeness (QED) is 0.729. The third kappa shape index (κ3) is 4.64. The number of nitrogens with zero attached hydrogens (tertiary/aromatic N) is 1. The molecule has 0 saturated carbocycles. The van der Waals surface area contributed by atoms with E-state index in [1.165, 1.54) is 38.8 Å². The summed E-state index contributed by atoms with van der Waals surface area (Å²) in [7, 11) is 0. The van der Waals surface area contributed by atoms with Crippen LogP contribution in [0.4, 0.5) is 0 Å². The highest BCUT2D eigenvalue weighted by Crippen LogP contribution is 2.26. The molecule has 0 radical (unpaired) electrons.